The number of benzene rings is 1. The lowest BCUT2D eigenvalue weighted by Gasteiger charge is -2.36. The number of thioether (sulfide) groups is 1. The number of fused-ring (bicyclic) bond motifs is 1. The van der Waals surface area contributed by atoms with Gasteiger partial charge >= 0.3 is 0 Å². The third kappa shape index (κ3) is 15.2. The number of carboxylic acid groups (broad SMARTS) is 1. The van der Waals surface area contributed by atoms with Gasteiger partial charge in [0.15, 0.2) is 22.8 Å². The van der Waals surface area contributed by atoms with Gasteiger partial charge in [-0.2, -0.15) is 0 Å². The largest absolute Gasteiger partial charge is 0.790 e. The summed E-state index contributed by atoms with van der Waals surface area (Å²) < 4.78 is 60.6. The number of aliphatic carboxylic acids is 1. The summed E-state index contributed by atoms with van der Waals surface area (Å²) in [7, 11) is -17.7. The maximum Gasteiger partial charge on any atom is 0.274 e. The molecule has 344 valence electrons. The van der Waals surface area contributed by atoms with Crippen molar-refractivity contribution in [1.29, 1.82) is 0 Å². The minimum Gasteiger partial charge on any atom is -0.790 e. The van der Waals surface area contributed by atoms with Crippen LogP contribution >= 0.6 is 35.2 Å². The number of hydrogen-bond acceptors (Lipinski definition) is 24. The normalized spacial score (nSPS) is 21.1. The van der Waals surface area contributed by atoms with E-state index in [0.717, 1.165) is 34.5 Å². The van der Waals surface area contributed by atoms with Gasteiger partial charge in [0.25, 0.3) is 15.6 Å². The van der Waals surface area contributed by atoms with Crippen LogP contribution in [0.15, 0.2) is 43.0 Å². The van der Waals surface area contributed by atoms with Crippen molar-refractivity contribution in [2.24, 2.45) is 11.3 Å². The molecule has 2 aromatic heterocycles. The molecule has 1 fully saturated rings. The van der Waals surface area contributed by atoms with Crippen LogP contribution in [0.3, 0.4) is 0 Å². The molecule has 4 rings (SSSR count). The summed E-state index contributed by atoms with van der Waals surface area (Å²) in [4.78, 5) is 108. The summed E-state index contributed by atoms with van der Waals surface area (Å²) in [5, 5.41) is 37.0. The Bertz CT molecular complexity index is 2200. The van der Waals surface area contributed by atoms with Crippen molar-refractivity contribution < 1.29 is 90.4 Å². The number of nitrogens with two attached hydrogens (primary N) is 1. The van der Waals surface area contributed by atoms with Gasteiger partial charge in [-0.15, -0.1) is 0 Å². The fourth-order valence-corrected chi connectivity index (χ4v) is 9.26. The predicted octanol–water partition coefficient (Wildman–Crippen LogP) is -3.86. The lowest BCUT2D eigenvalue weighted by atomic mass is 9.87. The number of carboxylic acids is 1. The topological polar surface area (TPSA) is 415 Å². The second-order valence-corrected chi connectivity index (χ2v) is 19.3. The number of imidazole rings is 1. The Kier molecular flexibility index (Phi) is 17.9. The number of anilines is 1. The fourth-order valence-electron chi connectivity index (χ4n) is 5.72. The molecule has 8 atom stereocenters. The van der Waals surface area contributed by atoms with Crippen molar-refractivity contribution in [2.75, 3.05) is 37.8 Å². The van der Waals surface area contributed by atoms with Crippen molar-refractivity contribution in [2.45, 2.75) is 63.8 Å². The Morgan fingerprint density at radius 2 is 1.69 bits per heavy atom. The number of phosphoric ester groups is 3. The summed E-state index contributed by atoms with van der Waals surface area (Å²) >= 11 is 0.837. The molecule has 1 aromatic carbocycles. The van der Waals surface area contributed by atoms with Crippen LogP contribution in [0.4, 0.5) is 5.82 Å². The average molecular weight is 953 g/mol. The lowest BCUT2D eigenvalue weighted by molar-refractivity contribution is -0.347. The maximum absolute atomic E-state index is 12.6. The summed E-state index contributed by atoms with van der Waals surface area (Å²) in [6.07, 6.45) is -8.12. The number of nitrogens with one attached hydrogen (secondary N) is 2. The molecule has 30 heteroatoms. The zero-order valence-electron chi connectivity index (χ0n) is 32.6. The van der Waals surface area contributed by atoms with E-state index in [0.29, 0.717) is 0 Å². The number of nitrogens with zero attached hydrogens (tertiary/aromatic N) is 4. The standard InChI is InChI=1S/C32H46N7O19P3S/c1-32(2,26(44)29(45)35-9-8-21(40)34-10-11-62-31(46)19(13-22(41)42)12-18-6-4-3-5-7-18)15-55-61(52,53)58-60(50,51)54-14-20-25(57-59(47,48)49)24(43)30(56-20)39-17-38-23-27(33)36-16-37-28(23)39/h3-7,16-17,19-20,24-26,30,43-44H,8-15H2,1-2H3,(H,34,40)(H,35,45)(H,41,42)(H,50,51)(H,52,53)(H2,33,36,37)(H2,47,48,49)/p-5/t19-,20-,24-,25-,26+,30-/m1/s1. The number of aliphatic hydroxyl groups excluding tert-OH is 2. The number of aromatic nitrogens is 4. The first-order chi connectivity index (χ1) is 28.9. The van der Waals surface area contributed by atoms with E-state index in [-0.39, 0.29) is 48.7 Å². The second-order valence-electron chi connectivity index (χ2n) is 14.1. The van der Waals surface area contributed by atoms with Gasteiger partial charge in [-0.1, -0.05) is 55.9 Å². The molecule has 0 saturated carbocycles. The van der Waals surface area contributed by atoms with Crippen molar-refractivity contribution in [3.8, 4) is 0 Å². The van der Waals surface area contributed by atoms with E-state index in [1.807, 2.05) is 0 Å². The number of nitrogen functional groups attached to an aromatic ring is 1. The summed E-state index contributed by atoms with van der Waals surface area (Å²) in [5.41, 5.74) is 4.76. The third-order valence-electron chi connectivity index (χ3n) is 8.79. The summed E-state index contributed by atoms with van der Waals surface area (Å²) in [5.74, 6) is -3.82. The van der Waals surface area contributed by atoms with Gasteiger partial charge in [-0.25, -0.2) is 19.3 Å². The minimum absolute atomic E-state index is 0.0213. The second kappa shape index (κ2) is 21.8. The van der Waals surface area contributed by atoms with Gasteiger partial charge in [-0.05, 0) is 18.4 Å². The Balaban J connectivity index is 1.21. The molecule has 62 heavy (non-hydrogen) atoms. The molecule has 3 aromatic rings. The monoisotopic (exact) mass is 952 g/mol. The Hall–Kier alpha value is -3.75. The van der Waals surface area contributed by atoms with Crippen molar-refractivity contribution >= 4 is 75.1 Å². The molecule has 0 radical (unpaired) electrons. The number of rotatable bonds is 24. The molecule has 0 aliphatic carbocycles. The fraction of sp³-hybridized carbons (Fsp3) is 0.531. The van der Waals surface area contributed by atoms with E-state index in [9.17, 15) is 67.8 Å². The Labute approximate surface area is 356 Å². The van der Waals surface area contributed by atoms with Crippen LogP contribution in [0.1, 0.15) is 38.5 Å². The first kappa shape index (κ1) is 50.9. The average Bonchev–Trinajstić information content (AvgIpc) is 3.74. The summed E-state index contributed by atoms with van der Waals surface area (Å²) in [6, 6.07) is 8.80. The Morgan fingerprint density at radius 1 is 1.02 bits per heavy atom. The smallest absolute Gasteiger partial charge is 0.274 e. The number of phosphoric acid groups is 3. The molecular formula is C32H41N7O19P3S-5. The first-order valence-electron chi connectivity index (χ1n) is 18.1. The quantitative estimate of drug-likeness (QED) is 0.0424. The van der Waals surface area contributed by atoms with Gasteiger partial charge in [0.1, 0.15) is 36.3 Å². The number of amides is 2. The number of carbonyl (C=O) groups excluding carboxylic acids is 4. The van der Waals surface area contributed by atoms with Crippen LogP contribution in [0.25, 0.3) is 11.2 Å². The van der Waals surface area contributed by atoms with Gasteiger partial charge in [-0.3, -0.25) is 28.1 Å². The van der Waals surface area contributed by atoms with Crippen LogP contribution < -0.4 is 41.0 Å². The number of ether oxygens (including phenoxy) is 1. The molecule has 2 amide bonds. The SMILES string of the molecule is CC(C)(COP(=O)([O-])OP(=O)([O-])OC[C@H]1O[C@@H](n2cnc3c(N)ncnc32)[C@H](O)[C@@H]1OP(=O)([O-])[O-])[C@@H](O)C(=O)NCCC(=O)NCCSC(=O)[C@@H](CC(=O)[O-])Cc1ccccc1. The van der Waals surface area contributed by atoms with Gasteiger partial charge in [0.05, 0.1) is 27.4 Å². The van der Waals surface area contributed by atoms with E-state index in [1.54, 1.807) is 30.3 Å². The highest BCUT2D eigenvalue weighted by atomic mass is 32.2. The van der Waals surface area contributed by atoms with Crippen LogP contribution in [-0.2, 0) is 61.9 Å². The van der Waals surface area contributed by atoms with E-state index in [1.165, 1.54) is 13.8 Å². The van der Waals surface area contributed by atoms with Crippen LogP contribution in [-0.4, -0.2) is 109 Å². The zero-order valence-corrected chi connectivity index (χ0v) is 36.1. The lowest BCUT2D eigenvalue weighted by Crippen LogP contribution is -2.46. The molecule has 0 bridgehead atoms. The van der Waals surface area contributed by atoms with E-state index in [2.05, 4.69) is 43.5 Å². The highest BCUT2D eigenvalue weighted by molar-refractivity contribution is 8.13. The third-order valence-corrected chi connectivity index (χ3v) is 12.8. The number of aliphatic hydroxyl groups is 2. The molecule has 3 heterocycles. The van der Waals surface area contributed by atoms with E-state index in [4.69, 9.17) is 10.5 Å². The van der Waals surface area contributed by atoms with Crippen LogP contribution in [0.2, 0.25) is 0 Å². The van der Waals surface area contributed by atoms with Gasteiger partial charge < -0.3 is 78.9 Å². The highest BCUT2D eigenvalue weighted by Gasteiger charge is 2.47. The van der Waals surface area contributed by atoms with Crippen LogP contribution in [0, 0.1) is 11.3 Å². The predicted molar refractivity (Wildman–Crippen MR) is 201 cm³/mol. The summed E-state index contributed by atoms with van der Waals surface area (Å²) in [6.45, 7) is -0.269. The van der Waals surface area contributed by atoms with Crippen LogP contribution in [0.5, 0.6) is 0 Å². The molecule has 2 unspecified atom stereocenters. The first-order valence-corrected chi connectivity index (χ1v) is 23.5. The minimum atomic E-state index is -5.95. The molecule has 1 aliphatic heterocycles. The van der Waals surface area contributed by atoms with Crippen molar-refractivity contribution in [3.05, 3.63) is 48.5 Å². The van der Waals surface area contributed by atoms with Gasteiger partial charge in [0.2, 0.25) is 11.8 Å². The van der Waals surface area contributed by atoms with Crippen molar-refractivity contribution in [3.63, 3.8) is 0 Å². The molecule has 1 aliphatic rings. The molecular weight excluding hydrogens is 911 g/mol. The molecule has 0 spiro atoms. The Morgan fingerprint density at radius 3 is 2.35 bits per heavy atom. The maximum atomic E-state index is 12.6. The van der Waals surface area contributed by atoms with E-state index < -0.39 is 108 Å². The number of hydrogen-bond donors (Lipinski definition) is 5. The molecule has 26 nitrogen and oxygen atoms in total. The number of carbonyl (C=O) groups is 4. The highest BCUT2D eigenvalue weighted by Crippen LogP contribution is 2.56. The van der Waals surface area contributed by atoms with Gasteiger partial charge in [0, 0.05) is 42.6 Å². The van der Waals surface area contributed by atoms with Crippen molar-refractivity contribution in [1.82, 2.24) is 30.2 Å². The molecule has 1 saturated heterocycles. The van der Waals surface area contributed by atoms with E-state index >= 15 is 0 Å². The molecule has 6 N–H and O–H groups in total. The zero-order chi connectivity index (χ0) is 46.0.